The molecule has 1 atom stereocenters. The Balaban J connectivity index is 1.62. The predicted molar refractivity (Wildman–Crippen MR) is 169 cm³/mol. The number of benzene rings is 2. The van der Waals surface area contributed by atoms with Crippen LogP contribution in [0.2, 0.25) is 0 Å². The van der Waals surface area contributed by atoms with Crippen molar-refractivity contribution >= 4 is 27.8 Å². The Morgan fingerprint density at radius 3 is 2.41 bits per heavy atom. The normalized spacial score (nSPS) is 21.5. The van der Waals surface area contributed by atoms with Gasteiger partial charge in [0.15, 0.2) is 0 Å². The second kappa shape index (κ2) is 12.2. The van der Waals surface area contributed by atoms with Crippen LogP contribution in [0.1, 0.15) is 74.9 Å². The number of hydrogen-bond acceptors (Lipinski definition) is 7. The molecular weight excluding hydrogens is 578 g/mol. The number of amides is 2. The maximum absolute atomic E-state index is 14.3. The first-order valence-electron chi connectivity index (χ1n) is 15.1. The summed E-state index contributed by atoms with van der Waals surface area (Å²) in [7, 11) is -4.15. The quantitative estimate of drug-likeness (QED) is 0.399. The van der Waals surface area contributed by atoms with Gasteiger partial charge in [0.05, 0.1) is 16.6 Å². The SMILES string of the molecule is CCC(=O)N[C@H]1C[C@H](N2C(=O)c3cccc(c3)S(=O)(=O)Nc3nc(cc(-c4c(C)cccc4C)n3)OC[C@H]2CC(C)(C)C)C1. The molecule has 2 amide bonds. The Labute approximate surface area is 259 Å². The standard InChI is InChI=1S/C33H41N5O5S/c1-7-28(39)34-23-15-24(16-23)38-25(18-33(4,5)6)19-43-29-17-27(30-20(2)10-8-11-21(30)3)35-32(36-29)37-44(41,42)26-13-9-12-22(14-26)31(38)40/h8-14,17,23-25H,7,15-16,18-19H2,1-6H3,(H,34,39)(H,35,36,37)/t23-,24-,25-/m1/s1. The lowest BCUT2D eigenvalue weighted by atomic mass is 9.81. The third-order valence-electron chi connectivity index (χ3n) is 8.15. The van der Waals surface area contributed by atoms with Crippen molar-refractivity contribution in [1.82, 2.24) is 20.2 Å². The Kier molecular flexibility index (Phi) is 8.71. The van der Waals surface area contributed by atoms with Crippen LogP contribution in [0.3, 0.4) is 0 Å². The molecular formula is C33H41N5O5S. The molecule has 2 aliphatic rings. The van der Waals surface area contributed by atoms with E-state index in [-0.39, 0.29) is 64.2 Å². The smallest absolute Gasteiger partial charge is 0.264 e. The van der Waals surface area contributed by atoms with Gasteiger partial charge in [-0.15, -0.1) is 0 Å². The molecule has 3 aromatic rings. The van der Waals surface area contributed by atoms with Gasteiger partial charge >= 0.3 is 0 Å². The van der Waals surface area contributed by atoms with Gasteiger partial charge in [-0.25, -0.2) is 18.1 Å². The summed E-state index contributed by atoms with van der Waals surface area (Å²) in [5.41, 5.74) is 3.45. The summed E-state index contributed by atoms with van der Waals surface area (Å²) >= 11 is 0. The Bertz CT molecular complexity index is 1660. The first kappa shape index (κ1) is 31.4. The maximum Gasteiger partial charge on any atom is 0.264 e. The van der Waals surface area contributed by atoms with E-state index in [1.165, 1.54) is 12.1 Å². The van der Waals surface area contributed by atoms with Crippen LogP contribution in [0.5, 0.6) is 5.88 Å². The van der Waals surface area contributed by atoms with Crippen molar-refractivity contribution in [3.8, 4) is 17.1 Å². The largest absolute Gasteiger partial charge is 0.475 e. The van der Waals surface area contributed by atoms with E-state index < -0.39 is 10.0 Å². The highest BCUT2D eigenvalue weighted by atomic mass is 32.2. The highest BCUT2D eigenvalue weighted by molar-refractivity contribution is 7.92. The summed E-state index contributed by atoms with van der Waals surface area (Å²) in [6, 6.07) is 13.1. The van der Waals surface area contributed by atoms with Crippen molar-refractivity contribution in [2.45, 2.75) is 90.2 Å². The average Bonchev–Trinajstić information content (AvgIpc) is 2.93. The van der Waals surface area contributed by atoms with E-state index in [4.69, 9.17) is 4.74 Å². The zero-order valence-electron chi connectivity index (χ0n) is 26.2. The average molecular weight is 620 g/mol. The van der Waals surface area contributed by atoms with Crippen LogP contribution in [0, 0.1) is 19.3 Å². The molecule has 5 rings (SSSR count). The summed E-state index contributed by atoms with van der Waals surface area (Å²) in [5.74, 6) is -0.217. The lowest BCUT2D eigenvalue weighted by molar-refractivity contribution is -0.122. The molecule has 1 saturated carbocycles. The topological polar surface area (TPSA) is 131 Å². The van der Waals surface area contributed by atoms with Gasteiger partial charge < -0.3 is 15.0 Å². The summed E-state index contributed by atoms with van der Waals surface area (Å²) in [4.78, 5) is 37.1. The zero-order chi connectivity index (χ0) is 31.8. The molecule has 2 N–H and O–H groups in total. The zero-order valence-corrected chi connectivity index (χ0v) is 27.0. The molecule has 0 spiro atoms. The molecule has 1 aromatic heterocycles. The number of aromatic nitrogens is 2. The summed E-state index contributed by atoms with van der Waals surface area (Å²) in [5, 5.41) is 3.03. The van der Waals surface area contributed by atoms with E-state index in [0.717, 1.165) is 16.7 Å². The van der Waals surface area contributed by atoms with Gasteiger partial charge in [0.1, 0.15) is 6.61 Å². The van der Waals surface area contributed by atoms with E-state index in [0.29, 0.717) is 31.4 Å². The minimum atomic E-state index is -4.15. The molecule has 44 heavy (non-hydrogen) atoms. The van der Waals surface area contributed by atoms with Crippen LogP contribution >= 0.6 is 0 Å². The summed E-state index contributed by atoms with van der Waals surface area (Å²) < 4.78 is 36.0. The fraction of sp³-hybridized carbons (Fsp3) is 0.455. The van der Waals surface area contributed by atoms with E-state index in [1.54, 1.807) is 18.2 Å². The number of fused-ring (bicyclic) bond motifs is 4. The van der Waals surface area contributed by atoms with Crippen molar-refractivity contribution in [3.05, 3.63) is 65.2 Å². The van der Waals surface area contributed by atoms with Crippen LogP contribution < -0.4 is 14.8 Å². The second-order valence-electron chi connectivity index (χ2n) is 13.0. The molecule has 10 nitrogen and oxygen atoms in total. The number of rotatable bonds is 5. The molecule has 4 bridgehead atoms. The molecule has 0 saturated heterocycles. The highest BCUT2D eigenvalue weighted by Gasteiger charge is 2.42. The van der Waals surface area contributed by atoms with Gasteiger partial charge in [-0.3, -0.25) is 9.59 Å². The van der Waals surface area contributed by atoms with Gasteiger partial charge in [0, 0.05) is 35.7 Å². The van der Waals surface area contributed by atoms with Crippen LogP contribution in [0.25, 0.3) is 11.3 Å². The fourth-order valence-corrected chi connectivity index (χ4v) is 7.02. The third kappa shape index (κ3) is 6.88. The van der Waals surface area contributed by atoms with E-state index in [1.807, 2.05) is 43.9 Å². The van der Waals surface area contributed by atoms with Crippen molar-refractivity contribution in [3.63, 3.8) is 0 Å². The monoisotopic (exact) mass is 619 g/mol. The number of carbonyl (C=O) groups is 2. The Morgan fingerprint density at radius 2 is 1.75 bits per heavy atom. The van der Waals surface area contributed by atoms with Crippen LogP contribution in [-0.4, -0.2) is 59.8 Å². The number of aryl methyl sites for hydroxylation is 2. The van der Waals surface area contributed by atoms with Gasteiger partial charge in [0.25, 0.3) is 15.9 Å². The van der Waals surface area contributed by atoms with Gasteiger partial charge in [-0.2, -0.15) is 4.98 Å². The van der Waals surface area contributed by atoms with E-state index >= 15 is 0 Å². The van der Waals surface area contributed by atoms with Gasteiger partial charge in [0.2, 0.25) is 17.7 Å². The molecule has 0 radical (unpaired) electrons. The van der Waals surface area contributed by atoms with E-state index in [9.17, 15) is 18.0 Å². The van der Waals surface area contributed by atoms with E-state index in [2.05, 4.69) is 40.8 Å². The molecule has 0 unspecified atom stereocenters. The molecule has 2 heterocycles. The Morgan fingerprint density at radius 1 is 1.07 bits per heavy atom. The predicted octanol–water partition coefficient (Wildman–Crippen LogP) is 5.26. The fourth-order valence-electron chi connectivity index (χ4n) is 6.03. The second-order valence-corrected chi connectivity index (χ2v) is 14.7. The first-order valence-corrected chi connectivity index (χ1v) is 16.6. The number of anilines is 1. The first-order chi connectivity index (χ1) is 20.7. The third-order valence-corrected chi connectivity index (χ3v) is 9.47. The van der Waals surface area contributed by atoms with Gasteiger partial charge in [-0.05, 0) is 67.9 Å². The van der Waals surface area contributed by atoms with Gasteiger partial charge in [-0.1, -0.05) is 52.0 Å². The van der Waals surface area contributed by atoms with Crippen molar-refractivity contribution < 1.29 is 22.7 Å². The number of nitrogens with one attached hydrogen (secondary N) is 2. The molecule has 234 valence electrons. The van der Waals surface area contributed by atoms with Crippen LogP contribution in [0.15, 0.2) is 53.4 Å². The highest BCUT2D eigenvalue weighted by Crippen LogP contribution is 2.35. The molecule has 2 aromatic carbocycles. The van der Waals surface area contributed by atoms with Crippen molar-refractivity contribution in [1.29, 1.82) is 0 Å². The minimum Gasteiger partial charge on any atom is -0.475 e. The van der Waals surface area contributed by atoms with Crippen molar-refractivity contribution in [2.24, 2.45) is 5.41 Å². The number of ether oxygens (including phenoxy) is 1. The number of carbonyl (C=O) groups excluding carboxylic acids is 2. The minimum absolute atomic E-state index is 0.0241. The maximum atomic E-state index is 14.3. The molecule has 1 aliphatic carbocycles. The lowest BCUT2D eigenvalue weighted by Gasteiger charge is -2.47. The molecule has 1 aliphatic heterocycles. The number of sulfonamides is 1. The summed E-state index contributed by atoms with van der Waals surface area (Å²) in [6.45, 7) is 12.2. The van der Waals surface area contributed by atoms with Crippen molar-refractivity contribution in [2.75, 3.05) is 11.3 Å². The number of nitrogens with zero attached hydrogens (tertiary/aromatic N) is 3. The summed E-state index contributed by atoms with van der Waals surface area (Å²) in [6.07, 6.45) is 2.22. The van der Waals surface area contributed by atoms with Crippen LogP contribution in [0.4, 0.5) is 5.95 Å². The lowest BCUT2D eigenvalue weighted by Crippen LogP contribution is -2.59. The molecule has 1 fully saturated rings. The molecule has 11 heteroatoms. The number of hydrogen-bond donors (Lipinski definition) is 2. The van der Waals surface area contributed by atoms with Crippen LogP contribution in [-0.2, 0) is 14.8 Å². The Hall–Kier alpha value is -3.99.